The third kappa shape index (κ3) is 5.79. The number of para-hydroxylation sites is 1. The molecular weight excluding hydrogens is 464 g/mol. The topological polar surface area (TPSA) is 88.9 Å². The van der Waals surface area contributed by atoms with Crippen LogP contribution < -0.4 is 26.0 Å². The van der Waals surface area contributed by atoms with E-state index in [1.165, 1.54) is 6.08 Å². The van der Waals surface area contributed by atoms with Crippen molar-refractivity contribution >= 4 is 28.7 Å². The molecule has 1 aliphatic rings. The van der Waals surface area contributed by atoms with Gasteiger partial charge in [0.05, 0.1) is 32.1 Å². The largest absolute Gasteiger partial charge is 0.494 e. The summed E-state index contributed by atoms with van der Waals surface area (Å²) in [6, 6.07) is 22.5. The van der Waals surface area contributed by atoms with Crippen LogP contribution in [0.5, 0.6) is 5.75 Å². The van der Waals surface area contributed by atoms with Gasteiger partial charge in [-0.1, -0.05) is 50.8 Å². The Kier molecular flexibility index (Phi) is 8.16. The summed E-state index contributed by atoms with van der Waals surface area (Å²) >= 11 is 0. The lowest BCUT2D eigenvalue weighted by Gasteiger charge is -2.37. The average Bonchev–Trinajstić information content (AvgIpc) is 2.93. The third-order valence-corrected chi connectivity index (χ3v) is 6.92. The number of amides is 1. The molecule has 1 saturated heterocycles. The molecule has 1 fully saturated rings. The number of ether oxygens (including phenoxy) is 2. The first-order valence-corrected chi connectivity index (χ1v) is 12.5. The van der Waals surface area contributed by atoms with Gasteiger partial charge in [-0.05, 0) is 47.5 Å². The molecule has 1 aliphatic heterocycles. The van der Waals surface area contributed by atoms with E-state index in [2.05, 4.69) is 66.3 Å². The first kappa shape index (κ1) is 26.3. The van der Waals surface area contributed by atoms with Gasteiger partial charge in [-0.3, -0.25) is 4.79 Å². The fourth-order valence-corrected chi connectivity index (χ4v) is 4.77. The lowest BCUT2D eigenvalue weighted by atomic mass is 9.77. The highest BCUT2D eigenvalue weighted by molar-refractivity contribution is 5.98. The molecular formula is C30H36N4O3. The predicted molar refractivity (Wildman–Crippen MR) is 151 cm³/mol. The highest BCUT2D eigenvalue weighted by Gasteiger charge is 2.27. The monoisotopic (exact) mass is 500 g/mol. The molecule has 0 bridgehead atoms. The van der Waals surface area contributed by atoms with Crippen molar-refractivity contribution in [3.63, 3.8) is 0 Å². The summed E-state index contributed by atoms with van der Waals surface area (Å²) < 4.78 is 11.4. The number of nitrogens with two attached hydrogens (primary N) is 1. The predicted octanol–water partition coefficient (Wildman–Crippen LogP) is 5.05. The molecule has 0 saturated carbocycles. The van der Waals surface area contributed by atoms with Gasteiger partial charge in [0.2, 0.25) is 5.91 Å². The van der Waals surface area contributed by atoms with Crippen LogP contribution in [0.1, 0.15) is 25.0 Å². The zero-order valence-electron chi connectivity index (χ0n) is 21.8. The number of hydrogen-bond donors (Lipinski definition) is 3. The Morgan fingerprint density at radius 1 is 1.16 bits per heavy atom. The summed E-state index contributed by atoms with van der Waals surface area (Å²) in [5, 5.41) is 6.46. The molecule has 7 nitrogen and oxygen atoms in total. The molecule has 0 aliphatic carbocycles. The van der Waals surface area contributed by atoms with Gasteiger partial charge < -0.3 is 30.7 Å². The summed E-state index contributed by atoms with van der Waals surface area (Å²) in [6.07, 6.45) is 1.27. The van der Waals surface area contributed by atoms with Gasteiger partial charge in [0.1, 0.15) is 5.75 Å². The summed E-state index contributed by atoms with van der Waals surface area (Å²) in [6.45, 7) is 10.5. The third-order valence-electron chi connectivity index (χ3n) is 6.92. The van der Waals surface area contributed by atoms with E-state index in [0.717, 1.165) is 46.2 Å². The lowest BCUT2D eigenvalue weighted by molar-refractivity contribution is -0.111. The number of carbonyl (C=O) groups is 1. The minimum Gasteiger partial charge on any atom is -0.494 e. The number of nitrogens with one attached hydrogen (secondary N) is 2. The lowest BCUT2D eigenvalue weighted by Crippen LogP contribution is -2.49. The molecule has 0 aromatic heterocycles. The number of morpholine rings is 1. The zero-order chi connectivity index (χ0) is 26.4. The number of rotatable bonds is 9. The van der Waals surface area contributed by atoms with Crippen LogP contribution in [0, 0.1) is 0 Å². The van der Waals surface area contributed by atoms with Crippen LogP contribution in [0.2, 0.25) is 0 Å². The van der Waals surface area contributed by atoms with Crippen molar-refractivity contribution in [2.45, 2.75) is 25.3 Å². The average molecular weight is 501 g/mol. The van der Waals surface area contributed by atoms with Crippen molar-refractivity contribution in [1.29, 1.82) is 0 Å². The van der Waals surface area contributed by atoms with Crippen molar-refractivity contribution in [3.8, 4) is 5.75 Å². The summed E-state index contributed by atoms with van der Waals surface area (Å²) in [5.74, 6) is 0.518. The van der Waals surface area contributed by atoms with Gasteiger partial charge in [-0.2, -0.15) is 0 Å². The second kappa shape index (κ2) is 11.5. The van der Waals surface area contributed by atoms with E-state index >= 15 is 0 Å². The van der Waals surface area contributed by atoms with Crippen LogP contribution in [0.15, 0.2) is 79.4 Å². The molecule has 194 valence electrons. The van der Waals surface area contributed by atoms with Gasteiger partial charge in [0.15, 0.2) is 0 Å². The number of nitrogens with zero attached hydrogens (tertiary/aromatic N) is 1. The Labute approximate surface area is 219 Å². The Morgan fingerprint density at radius 2 is 1.97 bits per heavy atom. The number of hydrogen-bond acceptors (Lipinski definition) is 6. The molecule has 3 aromatic rings. The second-order valence-electron chi connectivity index (χ2n) is 9.61. The van der Waals surface area contributed by atoms with Gasteiger partial charge in [-0.25, -0.2) is 0 Å². The van der Waals surface area contributed by atoms with E-state index in [1.807, 2.05) is 36.4 Å². The van der Waals surface area contributed by atoms with Gasteiger partial charge in [-0.15, -0.1) is 0 Å². The van der Waals surface area contributed by atoms with Crippen LogP contribution in [-0.2, 0) is 14.9 Å². The maximum atomic E-state index is 11.8. The van der Waals surface area contributed by atoms with Crippen molar-refractivity contribution in [1.82, 2.24) is 0 Å². The maximum Gasteiger partial charge on any atom is 0.247 e. The van der Waals surface area contributed by atoms with E-state index in [9.17, 15) is 4.79 Å². The maximum absolute atomic E-state index is 11.8. The number of benzene rings is 3. The smallest absolute Gasteiger partial charge is 0.247 e. The van der Waals surface area contributed by atoms with Crippen LogP contribution in [0.25, 0.3) is 0 Å². The molecule has 1 unspecified atom stereocenters. The number of carbonyl (C=O) groups excluding carboxylic acids is 1. The SMILES string of the molecule is C=CC(=O)Nc1cccc(C(C)(C)c2ccccc2Nc2ccc(N3CCOCC3CN)cc2OC)c1. The Hall–Kier alpha value is -3.81. The molecule has 3 aromatic carbocycles. The molecule has 0 radical (unpaired) electrons. The first-order valence-electron chi connectivity index (χ1n) is 12.5. The fourth-order valence-electron chi connectivity index (χ4n) is 4.77. The normalized spacial score (nSPS) is 15.7. The molecule has 4 N–H and O–H groups in total. The second-order valence-corrected chi connectivity index (χ2v) is 9.61. The highest BCUT2D eigenvalue weighted by Crippen LogP contribution is 2.40. The molecule has 0 spiro atoms. The van der Waals surface area contributed by atoms with Crippen molar-refractivity contribution < 1.29 is 14.3 Å². The van der Waals surface area contributed by atoms with E-state index in [0.29, 0.717) is 19.8 Å². The molecule has 4 rings (SSSR count). The van der Waals surface area contributed by atoms with Crippen molar-refractivity contribution in [2.24, 2.45) is 5.73 Å². The summed E-state index contributed by atoms with van der Waals surface area (Å²) in [4.78, 5) is 14.1. The van der Waals surface area contributed by atoms with Gasteiger partial charge >= 0.3 is 0 Å². The van der Waals surface area contributed by atoms with Gasteiger partial charge in [0, 0.05) is 41.6 Å². The molecule has 37 heavy (non-hydrogen) atoms. The standard InChI is InChI=1S/C30H36N4O3/c1-5-29(35)32-22-10-8-9-21(17-22)30(2,3)25-11-6-7-12-26(25)33-27-14-13-23(18-28(27)36-4)34-15-16-37-20-24(34)19-31/h5-14,17-18,24,33H,1,15-16,19-20,31H2,2-4H3,(H,32,35). The highest BCUT2D eigenvalue weighted by atomic mass is 16.5. The van der Waals surface area contributed by atoms with Crippen LogP contribution in [0.3, 0.4) is 0 Å². The van der Waals surface area contributed by atoms with E-state index < -0.39 is 0 Å². The van der Waals surface area contributed by atoms with Gasteiger partial charge in [0.25, 0.3) is 0 Å². The Morgan fingerprint density at radius 3 is 2.73 bits per heavy atom. The van der Waals surface area contributed by atoms with E-state index in [-0.39, 0.29) is 17.4 Å². The minimum absolute atomic E-state index is 0.144. The first-order chi connectivity index (χ1) is 17.9. The molecule has 1 atom stereocenters. The minimum atomic E-state index is -0.353. The van der Waals surface area contributed by atoms with Crippen molar-refractivity contribution in [3.05, 3.63) is 90.5 Å². The van der Waals surface area contributed by atoms with Crippen LogP contribution >= 0.6 is 0 Å². The molecule has 7 heteroatoms. The fraction of sp³-hybridized carbons (Fsp3) is 0.300. The van der Waals surface area contributed by atoms with Crippen LogP contribution in [-0.4, -0.2) is 45.4 Å². The number of anilines is 4. The van der Waals surface area contributed by atoms with E-state index in [4.69, 9.17) is 15.2 Å². The van der Waals surface area contributed by atoms with E-state index in [1.54, 1.807) is 7.11 Å². The molecule has 1 heterocycles. The zero-order valence-corrected chi connectivity index (χ0v) is 21.8. The summed E-state index contributed by atoms with van der Waals surface area (Å²) in [7, 11) is 1.68. The van der Waals surface area contributed by atoms with Crippen molar-refractivity contribution in [2.75, 3.05) is 48.9 Å². The molecule has 1 amide bonds. The quantitative estimate of drug-likeness (QED) is 0.356. The number of methoxy groups -OCH3 is 1. The van der Waals surface area contributed by atoms with Crippen LogP contribution in [0.4, 0.5) is 22.7 Å². The summed E-state index contributed by atoms with van der Waals surface area (Å²) in [5.41, 5.74) is 11.5. The Balaban J connectivity index is 1.64. The Bertz CT molecular complexity index is 1260.